The van der Waals surface area contributed by atoms with E-state index in [1.54, 1.807) is 37.2 Å². The summed E-state index contributed by atoms with van der Waals surface area (Å²) in [6.07, 6.45) is 5.97. The highest BCUT2D eigenvalue weighted by atomic mass is 32.1. The van der Waals surface area contributed by atoms with E-state index in [9.17, 15) is 5.11 Å². The topological polar surface area (TPSA) is 72.0 Å². The molecular weight excluding hydrogens is 274 g/mol. The quantitative estimate of drug-likeness (QED) is 0.798. The number of rotatable bonds is 4. The van der Waals surface area contributed by atoms with Gasteiger partial charge in [0.15, 0.2) is 0 Å². The van der Waals surface area contributed by atoms with E-state index in [1.807, 2.05) is 6.07 Å². The van der Waals surface area contributed by atoms with E-state index in [0.717, 1.165) is 16.1 Å². The van der Waals surface area contributed by atoms with Crippen LogP contribution < -0.4 is 0 Å². The first-order valence-electron chi connectivity index (χ1n) is 6.17. The van der Waals surface area contributed by atoms with Gasteiger partial charge in [-0.15, -0.1) is 11.3 Å². The molecule has 1 N–H and O–H groups in total. The summed E-state index contributed by atoms with van der Waals surface area (Å²) in [5.41, 5.74) is 3.38. The number of aliphatic hydroxyl groups is 1. The van der Waals surface area contributed by atoms with Gasteiger partial charge in [-0.1, -0.05) is 0 Å². The maximum Gasteiger partial charge on any atom is 0.115 e. The van der Waals surface area contributed by atoms with E-state index in [-0.39, 0.29) is 5.92 Å². The van der Waals surface area contributed by atoms with Gasteiger partial charge in [-0.05, 0) is 19.1 Å². The zero-order chi connectivity index (χ0) is 13.9. The summed E-state index contributed by atoms with van der Waals surface area (Å²) in [5.74, 6) is 0.356. The molecule has 0 aliphatic rings. The number of thiazole rings is 1. The normalized spacial score (nSPS) is 14.1. The summed E-state index contributed by atoms with van der Waals surface area (Å²) in [6.45, 7) is 1.73. The summed E-state index contributed by atoms with van der Waals surface area (Å²) in [6, 6.07) is 3.65. The molecule has 5 nitrogen and oxygen atoms in total. The van der Waals surface area contributed by atoms with E-state index in [0.29, 0.717) is 5.76 Å². The molecule has 0 saturated carbocycles. The Hall–Kier alpha value is -2.05. The predicted molar refractivity (Wildman–Crippen MR) is 75.4 cm³/mol. The Morgan fingerprint density at radius 2 is 2.20 bits per heavy atom. The minimum Gasteiger partial charge on any atom is -0.469 e. The van der Waals surface area contributed by atoms with Crippen LogP contribution >= 0.6 is 11.3 Å². The Labute approximate surface area is 120 Å². The number of hydrogen-bond acceptors (Lipinski definition) is 6. The largest absolute Gasteiger partial charge is 0.469 e. The van der Waals surface area contributed by atoms with Gasteiger partial charge in [-0.25, -0.2) is 9.97 Å². The van der Waals surface area contributed by atoms with Gasteiger partial charge in [0.25, 0.3) is 0 Å². The van der Waals surface area contributed by atoms with Crippen molar-refractivity contribution in [1.29, 1.82) is 0 Å². The van der Waals surface area contributed by atoms with Gasteiger partial charge in [0.1, 0.15) is 12.1 Å². The molecule has 0 bridgehead atoms. The third-order valence-electron chi connectivity index (χ3n) is 3.07. The van der Waals surface area contributed by atoms with Gasteiger partial charge in [-0.3, -0.25) is 4.98 Å². The van der Waals surface area contributed by atoms with Crippen molar-refractivity contribution >= 4 is 11.3 Å². The van der Waals surface area contributed by atoms with Crippen LogP contribution in [0.1, 0.15) is 24.3 Å². The lowest BCUT2D eigenvalue weighted by Gasteiger charge is -2.19. The summed E-state index contributed by atoms with van der Waals surface area (Å²) < 4.78 is 5.45. The first-order valence-corrected chi connectivity index (χ1v) is 7.05. The lowest BCUT2D eigenvalue weighted by Crippen LogP contribution is -2.17. The highest BCUT2D eigenvalue weighted by Gasteiger charge is 2.27. The van der Waals surface area contributed by atoms with Gasteiger partial charge in [0.2, 0.25) is 0 Å². The fraction of sp³-hybridized carbons (Fsp3) is 0.214. The molecule has 0 aliphatic heterocycles. The Kier molecular flexibility index (Phi) is 3.58. The Morgan fingerprint density at radius 3 is 2.85 bits per heavy atom. The molecule has 2 unspecified atom stereocenters. The van der Waals surface area contributed by atoms with Gasteiger partial charge < -0.3 is 9.52 Å². The molecule has 6 heteroatoms. The van der Waals surface area contributed by atoms with Crippen molar-refractivity contribution in [2.75, 3.05) is 0 Å². The minimum atomic E-state index is -0.622. The van der Waals surface area contributed by atoms with E-state index >= 15 is 0 Å². The van der Waals surface area contributed by atoms with Crippen LogP contribution in [0, 0.1) is 0 Å². The van der Waals surface area contributed by atoms with Crippen LogP contribution in [0.4, 0.5) is 0 Å². The van der Waals surface area contributed by atoms with Crippen molar-refractivity contribution in [1.82, 2.24) is 15.0 Å². The molecule has 2 atom stereocenters. The molecule has 0 aliphatic carbocycles. The zero-order valence-electron chi connectivity index (χ0n) is 10.8. The molecule has 20 heavy (non-hydrogen) atoms. The summed E-state index contributed by atoms with van der Waals surface area (Å²) in [7, 11) is 0. The number of aromatic nitrogens is 3. The highest BCUT2D eigenvalue weighted by molar-refractivity contribution is 7.13. The van der Waals surface area contributed by atoms with Crippen molar-refractivity contribution in [3.63, 3.8) is 0 Å². The van der Waals surface area contributed by atoms with Crippen LogP contribution in [0.15, 0.2) is 47.0 Å². The molecule has 0 aromatic carbocycles. The van der Waals surface area contributed by atoms with Crippen molar-refractivity contribution < 1.29 is 9.52 Å². The molecule has 0 radical (unpaired) electrons. The lowest BCUT2D eigenvalue weighted by atomic mass is 9.93. The van der Waals surface area contributed by atoms with Crippen LogP contribution in [0.5, 0.6) is 0 Å². The molecule has 0 saturated heterocycles. The third-order valence-corrected chi connectivity index (χ3v) is 3.87. The average molecular weight is 287 g/mol. The molecule has 0 amide bonds. The second kappa shape index (κ2) is 5.52. The minimum absolute atomic E-state index is 0.329. The number of nitrogens with zero attached hydrogens (tertiary/aromatic N) is 3. The van der Waals surface area contributed by atoms with Crippen LogP contribution in [0.25, 0.3) is 10.4 Å². The SMILES string of the molecule is CC(O)C(c1ccco1)c1ncncc1-c1cncs1. The third kappa shape index (κ3) is 2.35. The molecule has 3 rings (SSSR count). The second-order valence-electron chi connectivity index (χ2n) is 4.42. The van der Waals surface area contributed by atoms with E-state index in [4.69, 9.17) is 4.42 Å². The molecular formula is C14H13N3O2S. The second-order valence-corrected chi connectivity index (χ2v) is 5.31. The van der Waals surface area contributed by atoms with Crippen molar-refractivity contribution in [2.45, 2.75) is 18.9 Å². The molecule has 3 heterocycles. The van der Waals surface area contributed by atoms with Crippen LogP contribution in [-0.2, 0) is 0 Å². The van der Waals surface area contributed by atoms with Crippen LogP contribution in [0.2, 0.25) is 0 Å². The van der Waals surface area contributed by atoms with Gasteiger partial charge in [0.05, 0.1) is 34.4 Å². The first kappa shape index (κ1) is 13.0. The fourth-order valence-corrected chi connectivity index (χ4v) is 2.84. The van der Waals surface area contributed by atoms with Gasteiger partial charge in [-0.2, -0.15) is 0 Å². The fourth-order valence-electron chi connectivity index (χ4n) is 2.19. The molecule has 0 spiro atoms. The number of aliphatic hydroxyl groups excluding tert-OH is 1. The summed E-state index contributed by atoms with van der Waals surface area (Å²) >= 11 is 1.51. The Balaban J connectivity index is 2.13. The van der Waals surface area contributed by atoms with Crippen molar-refractivity contribution in [3.05, 3.63) is 54.1 Å². The monoisotopic (exact) mass is 287 g/mol. The molecule has 0 fully saturated rings. The lowest BCUT2D eigenvalue weighted by molar-refractivity contribution is 0.165. The molecule has 102 valence electrons. The number of furan rings is 1. The molecule has 3 aromatic heterocycles. The van der Waals surface area contributed by atoms with E-state index in [2.05, 4.69) is 15.0 Å². The zero-order valence-corrected chi connectivity index (χ0v) is 11.6. The van der Waals surface area contributed by atoms with Gasteiger partial charge in [0, 0.05) is 18.0 Å². The number of hydrogen-bond donors (Lipinski definition) is 1. The standard InChI is InChI=1S/C14H13N3O2S/c1-9(18)13(11-3-2-4-19-11)14-10(5-15-7-17-14)12-6-16-8-20-12/h2-9,13,18H,1H3. The summed E-state index contributed by atoms with van der Waals surface area (Å²) in [5, 5.41) is 10.1. The predicted octanol–water partition coefficient (Wildman–Crippen LogP) is 2.71. The summed E-state index contributed by atoms with van der Waals surface area (Å²) in [4.78, 5) is 13.5. The smallest absolute Gasteiger partial charge is 0.115 e. The van der Waals surface area contributed by atoms with Crippen molar-refractivity contribution in [3.8, 4) is 10.4 Å². The maximum absolute atomic E-state index is 10.1. The molecule has 3 aromatic rings. The van der Waals surface area contributed by atoms with Crippen molar-refractivity contribution in [2.24, 2.45) is 0 Å². The van der Waals surface area contributed by atoms with Crippen LogP contribution in [-0.4, -0.2) is 26.2 Å². The van der Waals surface area contributed by atoms with E-state index < -0.39 is 6.10 Å². The van der Waals surface area contributed by atoms with E-state index in [1.165, 1.54) is 17.7 Å². The first-order chi connectivity index (χ1) is 9.77. The maximum atomic E-state index is 10.1. The Bertz CT molecular complexity index is 666. The average Bonchev–Trinajstić information content (AvgIpc) is 3.12. The van der Waals surface area contributed by atoms with Crippen LogP contribution in [0.3, 0.4) is 0 Å². The highest BCUT2D eigenvalue weighted by Crippen LogP contribution is 2.35. The Morgan fingerprint density at radius 1 is 1.30 bits per heavy atom. The van der Waals surface area contributed by atoms with Gasteiger partial charge >= 0.3 is 0 Å².